The van der Waals surface area contributed by atoms with Crippen LogP contribution in [0.25, 0.3) is 82.1 Å². The van der Waals surface area contributed by atoms with E-state index in [2.05, 4.69) is 199 Å². The number of rotatable bonds is 7. The monoisotopic (exact) mass is 898 g/mol. The number of fused-ring (bicyclic) bond motifs is 10. The minimum absolute atomic E-state index is 0.130. The molecule has 0 atom stereocenters. The summed E-state index contributed by atoms with van der Waals surface area (Å²) in [6.07, 6.45) is 1.80. The van der Waals surface area contributed by atoms with Gasteiger partial charge in [-0.05, 0) is 110 Å². The third-order valence-electron chi connectivity index (χ3n) is 14.1. The summed E-state index contributed by atoms with van der Waals surface area (Å²) < 4.78 is 29.6. The van der Waals surface area contributed by atoms with E-state index in [1.54, 1.807) is 6.20 Å². The van der Waals surface area contributed by atoms with Crippen molar-refractivity contribution in [1.82, 2.24) is 14.1 Å². The standard InChI is InChI=1S/C64H56N4O/c1-40(2)42-31-32-65-61(36-42)68-58-27-13-12-23-54(58)55-30-29-48(38-60(55)68)69-47-18-14-17-46(37-47)66-39-67-62-49(44-33-43(41(3)4)34-45(35-44)64(5,6)7)24-15-25-56(62)52-21-10-8-19-50(52)51-20-9-11-22-53(51)57-26-16-28-59(66)63(57)67/h8-38,40-41H,39H2,1-7H3/i40D,41D. The lowest BCUT2D eigenvalue weighted by Crippen LogP contribution is -2.15. The van der Waals surface area contributed by atoms with Crippen LogP contribution < -0.4 is 9.64 Å². The number of ether oxygens (including phenoxy) is 1. The Bertz CT molecular complexity index is 4000. The lowest BCUT2D eigenvalue weighted by atomic mass is 9.82. The molecule has 0 radical (unpaired) electrons. The van der Waals surface area contributed by atoms with Crippen LogP contribution in [0.5, 0.6) is 11.5 Å². The molecule has 0 saturated carbocycles. The van der Waals surface area contributed by atoms with Gasteiger partial charge in [-0.3, -0.25) is 4.57 Å². The summed E-state index contributed by atoms with van der Waals surface area (Å²) in [5, 5.41) is 9.29. The van der Waals surface area contributed by atoms with Crippen LogP contribution in [0.15, 0.2) is 188 Å². The molecule has 8 aromatic carbocycles. The van der Waals surface area contributed by atoms with Gasteiger partial charge in [0.25, 0.3) is 0 Å². The average molecular weight is 899 g/mol. The predicted molar refractivity (Wildman–Crippen MR) is 292 cm³/mol. The summed E-state index contributed by atoms with van der Waals surface area (Å²) in [7, 11) is 0. The Morgan fingerprint density at radius 2 is 1.13 bits per heavy atom. The van der Waals surface area contributed by atoms with E-state index in [0.29, 0.717) is 12.4 Å². The van der Waals surface area contributed by atoms with Gasteiger partial charge in [0, 0.05) is 53.9 Å². The molecule has 0 saturated heterocycles. The average Bonchev–Trinajstić information content (AvgIpc) is 3.92. The first kappa shape index (κ1) is 40.2. The summed E-state index contributed by atoms with van der Waals surface area (Å²) >= 11 is 0. The lowest BCUT2D eigenvalue weighted by molar-refractivity contribution is 0.483. The largest absolute Gasteiger partial charge is 0.457 e. The second kappa shape index (κ2) is 16.4. The molecule has 1 aliphatic rings. The molecule has 0 N–H and O–H groups in total. The second-order valence-corrected chi connectivity index (χ2v) is 20.0. The molecule has 69 heavy (non-hydrogen) atoms. The van der Waals surface area contributed by atoms with Crippen molar-refractivity contribution in [3.05, 3.63) is 205 Å². The van der Waals surface area contributed by atoms with Crippen LogP contribution >= 0.6 is 0 Å². The SMILES string of the molecule is [2H]C(C)(C)c1cc(-c2cccc3c4ccccc4c4ccccc4c4cccc5c4n(c23)CN5c2cccc(Oc3ccc4c5ccccc5n(-c5cc(C([2H])(C)C)ccn5)c4c3)c2)cc(C(C)(C)C)c1. The van der Waals surface area contributed by atoms with Crippen molar-refractivity contribution in [2.75, 3.05) is 4.90 Å². The van der Waals surface area contributed by atoms with E-state index in [1.165, 1.54) is 27.1 Å². The Labute approximate surface area is 407 Å². The molecule has 0 unspecified atom stereocenters. The van der Waals surface area contributed by atoms with E-state index >= 15 is 0 Å². The number of para-hydroxylation sites is 3. The van der Waals surface area contributed by atoms with Crippen molar-refractivity contribution < 1.29 is 7.48 Å². The molecule has 0 aliphatic carbocycles. The van der Waals surface area contributed by atoms with Crippen LogP contribution in [-0.2, 0) is 12.1 Å². The zero-order chi connectivity index (χ0) is 49.0. The highest BCUT2D eigenvalue weighted by Crippen LogP contribution is 2.46. The van der Waals surface area contributed by atoms with Gasteiger partial charge in [-0.2, -0.15) is 0 Å². The molecule has 0 fully saturated rings. The predicted octanol–water partition coefficient (Wildman–Crippen LogP) is 17.8. The number of hydrogen-bond donors (Lipinski definition) is 0. The zero-order valence-corrected chi connectivity index (χ0v) is 40.3. The highest BCUT2D eigenvalue weighted by Gasteiger charge is 2.27. The number of aromatic nitrogens is 3. The zero-order valence-electron chi connectivity index (χ0n) is 42.3. The molecule has 0 amide bonds. The first-order valence-electron chi connectivity index (χ1n) is 25.0. The fourth-order valence-electron chi connectivity index (χ4n) is 10.6. The summed E-state index contributed by atoms with van der Waals surface area (Å²) in [5.41, 5.74) is 11.6. The van der Waals surface area contributed by atoms with Gasteiger partial charge in [0.05, 0.1) is 27.8 Å². The van der Waals surface area contributed by atoms with Gasteiger partial charge in [0.2, 0.25) is 0 Å². The van der Waals surface area contributed by atoms with Gasteiger partial charge in [-0.1, -0.05) is 170 Å². The Morgan fingerprint density at radius 1 is 0.522 bits per heavy atom. The van der Waals surface area contributed by atoms with Crippen LogP contribution in [0.3, 0.4) is 0 Å². The molecule has 5 nitrogen and oxygen atoms in total. The van der Waals surface area contributed by atoms with Gasteiger partial charge in [-0.25, -0.2) is 4.98 Å². The lowest BCUT2D eigenvalue weighted by Gasteiger charge is -2.23. The quantitative estimate of drug-likeness (QED) is 0.160. The maximum Gasteiger partial charge on any atom is 0.137 e. The normalized spacial score (nSPS) is 13.5. The summed E-state index contributed by atoms with van der Waals surface area (Å²) in [4.78, 5) is 7.25. The fourth-order valence-corrected chi connectivity index (χ4v) is 10.6. The fraction of sp³-hybridized carbons (Fsp3) is 0.172. The molecular formula is C64H56N4O. The van der Waals surface area contributed by atoms with Crippen molar-refractivity contribution in [2.45, 2.75) is 72.3 Å². The van der Waals surface area contributed by atoms with Crippen LogP contribution in [0.4, 0.5) is 11.4 Å². The number of benzene rings is 8. The number of nitrogens with zero attached hydrogens (tertiary/aromatic N) is 4. The third-order valence-corrected chi connectivity index (χ3v) is 14.1. The molecule has 0 spiro atoms. The van der Waals surface area contributed by atoms with Gasteiger partial charge in [0.1, 0.15) is 24.0 Å². The Balaban J connectivity index is 1.06. The maximum atomic E-state index is 9.27. The van der Waals surface area contributed by atoms with Crippen molar-refractivity contribution in [3.63, 3.8) is 0 Å². The number of hydrogen-bond acceptors (Lipinski definition) is 3. The summed E-state index contributed by atoms with van der Waals surface area (Å²) in [6, 6.07) is 65.1. The summed E-state index contributed by atoms with van der Waals surface area (Å²) in [5.74, 6) is 0.634. The highest BCUT2D eigenvalue weighted by atomic mass is 16.5. The van der Waals surface area contributed by atoms with Crippen LogP contribution in [-0.4, -0.2) is 14.1 Å². The van der Waals surface area contributed by atoms with Gasteiger partial charge in [0.15, 0.2) is 0 Å². The van der Waals surface area contributed by atoms with Crippen LogP contribution in [0, 0.1) is 0 Å². The molecule has 12 rings (SSSR count). The van der Waals surface area contributed by atoms with Crippen LogP contribution in [0.2, 0.25) is 0 Å². The van der Waals surface area contributed by atoms with E-state index in [0.717, 1.165) is 88.8 Å². The summed E-state index contributed by atoms with van der Waals surface area (Å²) in [6.45, 7) is 15.1. The van der Waals surface area contributed by atoms with Gasteiger partial charge in [-0.15, -0.1) is 0 Å². The molecule has 5 heteroatoms. The van der Waals surface area contributed by atoms with Crippen molar-refractivity contribution in [3.8, 4) is 28.4 Å². The van der Waals surface area contributed by atoms with E-state index in [9.17, 15) is 1.37 Å². The smallest absolute Gasteiger partial charge is 0.137 e. The van der Waals surface area contributed by atoms with Crippen LogP contribution in [0.1, 0.15) is 79.7 Å². The van der Waals surface area contributed by atoms with Crippen molar-refractivity contribution >= 4 is 76.5 Å². The van der Waals surface area contributed by atoms with Gasteiger partial charge >= 0.3 is 0 Å². The number of anilines is 2. The maximum absolute atomic E-state index is 9.27. The molecule has 4 heterocycles. The molecule has 11 aromatic rings. The first-order valence-corrected chi connectivity index (χ1v) is 24.0. The Kier molecular flexibility index (Phi) is 9.56. The molecule has 1 aliphatic heterocycles. The second-order valence-electron chi connectivity index (χ2n) is 20.0. The number of pyridine rings is 1. The van der Waals surface area contributed by atoms with E-state index < -0.39 is 11.8 Å². The van der Waals surface area contributed by atoms with Gasteiger partial charge < -0.3 is 14.2 Å². The van der Waals surface area contributed by atoms with E-state index in [4.69, 9.17) is 11.1 Å². The topological polar surface area (TPSA) is 35.2 Å². The molecular weight excluding hydrogens is 841 g/mol. The molecule has 0 bridgehead atoms. The molecule has 338 valence electrons. The minimum atomic E-state index is -0.796. The Morgan fingerprint density at radius 3 is 1.84 bits per heavy atom. The van der Waals surface area contributed by atoms with E-state index in [-0.39, 0.29) is 5.41 Å². The molecule has 3 aromatic heterocycles. The third kappa shape index (κ3) is 7.18. The highest BCUT2D eigenvalue weighted by molar-refractivity contribution is 6.22. The van der Waals surface area contributed by atoms with E-state index in [1.807, 2.05) is 45.9 Å². The minimum Gasteiger partial charge on any atom is -0.457 e. The van der Waals surface area contributed by atoms with Crippen molar-refractivity contribution in [2.24, 2.45) is 0 Å². The van der Waals surface area contributed by atoms with Crippen molar-refractivity contribution in [1.29, 1.82) is 0 Å². The Hall–Kier alpha value is -7.89. The first-order chi connectivity index (χ1) is 34.1.